The van der Waals surface area contributed by atoms with Crippen molar-refractivity contribution in [2.75, 3.05) is 6.61 Å². The normalized spacial score (nSPS) is 12.5. The highest BCUT2D eigenvalue weighted by atomic mass is 16.5. The Kier molecular flexibility index (Phi) is 11.2. The van der Waals surface area contributed by atoms with Crippen molar-refractivity contribution in [2.45, 2.75) is 84.2 Å². The summed E-state index contributed by atoms with van der Waals surface area (Å²) in [6.07, 6.45) is 13.7. The molecule has 21 heavy (non-hydrogen) atoms. The lowest BCUT2D eigenvalue weighted by atomic mass is 10.0. The molecule has 0 heterocycles. The molecule has 1 atom stereocenters. The van der Waals surface area contributed by atoms with Gasteiger partial charge in [-0.2, -0.15) is 0 Å². The van der Waals surface area contributed by atoms with Gasteiger partial charge < -0.3 is 4.74 Å². The molecule has 1 nitrogen and oxygen atoms in total. The molecule has 0 aromatic heterocycles. The van der Waals surface area contributed by atoms with E-state index in [9.17, 15) is 0 Å². The van der Waals surface area contributed by atoms with Gasteiger partial charge in [0.2, 0.25) is 0 Å². The molecule has 0 amide bonds. The molecule has 0 spiro atoms. The average Bonchev–Trinajstić information content (AvgIpc) is 2.52. The van der Waals surface area contributed by atoms with Crippen molar-refractivity contribution < 1.29 is 4.74 Å². The van der Waals surface area contributed by atoms with Gasteiger partial charge in [-0.3, -0.25) is 0 Å². The van der Waals surface area contributed by atoms with Crippen molar-refractivity contribution in [1.29, 1.82) is 0 Å². The Balaban J connectivity index is 2.12. The molecule has 0 bridgehead atoms. The number of benzene rings is 1. The lowest BCUT2D eigenvalue weighted by Crippen LogP contribution is -2.14. The molecule has 1 heteroatoms. The second-order valence-electron chi connectivity index (χ2n) is 6.01. The highest BCUT2D eigenvalue weighted by Crippen LogP contribution is 2.15. The topological polar surface area (TPSA) is 9.23 Å². The van der Waals surface area contributed by atoms with Crippen molar-refractivity contribution in [2.24, 2.45) is 0 Å². The zero-order valence-corrected chi connectivity index (χ0v) is 14.2. The molecule has 0 radical (unpaired) electrons. The quantitative estimate of drug-likeness (QED) is 0.395. The van der Waals surface area contributed by atoms with Crippen LogP contribution in [0.2, 0.25) is 0 Å². The van der Waals surface area contributed by atoms with Crippen LogP contribution in [-0.4, -0.2) is 12.7 Å². The van der Waals surface area contributed by atoms with Crippen molar-refractivity contribution in [3.63, 3.8) is 0 Å². The standard InChI is InChI=1S/C20H34O/c1-3-5-6-7-8-9-13-16-20(21-4-2)18-17-19-14-11-10-12-15-19/h10-12,14-15,20H,3-9,13,16-18H2,1-2H3. The van der Waals surface area contributed by atoms with Crippen LogP contribution in [0.1, 0.15) is 77.2 Å². The first kappa shape index (κ1) is 18.2. The van der Waals surface area contributed by atoms with Gasteiger partial charge in [0.05, 0.1) is 6.10 Å². The Morgan fingerprint density at radius 1 is 0.810 bits per heavy atom. The number of unbranched alkanes of at least 4 members (excludes halogenated alkanes) is 6. The minimum Gasteiger partial charge on any atom is -0.378 e. The zero-order chi connectivity index (χ0) is 15.2. The van der Waals surface area contributed by atoms with Gasteiger partial charge in [0.15, 0.2) is 0 Å². The van der Waals surface area contributed by atoms with Crippen LogP contribution in [-0.2, 0) is 11.2 Å². The van der Waals surface area contributed by atoms with Gasteiger partial charge in [-0.05, 0) is 31.7 Å². The minimum atomic E-state index is 0.450. The first-order chi connectivity index (χ1) is 10.4. The molecule has 120 valence electrons. The van der Waals surface area contributed by atoms with E-state index in [1.165, 1.54) is 56.9 Å². The molecule has 1 rings (SSSR count). The van der Waals surface area contributed by atoms with Crippen molar-refractivity contribution in [3.8, 4) is 0 Å². The predicted octanol–water partition coefficient (Wildman–Crippen LogP) is 6.17. The van der Waals surface area contributed by atoms with Crippen molar-refractivity contribution in [1.82, 2.24) is 0 Å². The van der Waals surface area contributed by atoms with Gasteiger partial charge in [0, 0.05) is 6.61 Å². The third-order valence-corrected chi connectivity index (χ3v) is 4.13. The van der Waals surface area contributed by atoms with Crippen LogP contribution in [0.15, 0.2) is 30.3 Å². The second-order valence-corrected chi connectivity index (χ2v) is 6.01. The SMILES string of the molecule is CCCCCCCCCC(CCc1ccccc1)OCC. The van der Waals surface area contributed by atoms with Gasteiger partial charge in [0.25, 0.3) is 0 Å². The fourth-order valence-electron chi connectivity index (χ4n) is 2.85. The summed E-state index contributed by atoms with van der Waals surface area (Å²) in [6.45, 7) is 5.23. The Bertz CT molecular complexity index is 320. The van der Waals surface area contributed by atoms with E-state index in [0.717, 1.165) is 19.4 Å². The monoisotopic (exact) mass is 290 g/mol. The molecule has 1 unspecified atom stereocenters. The first-order valence-electron chi connectivity index (χ1n) is 9.02. The van der Waals surface area contributed by atoms with E-state index >= 15 is 0 Å². The zero-order valence-electron chi connectivity index (χ0n) is 14.2. The van der Waals surface area contributed by atoms with Gasteiger partial charge in [-0.15, -0.1) is 0 Å². The van der Waals surface area contributed by atoms with Crippen molar-refractivity contribution >= 4 is 0 Å². The fraction of sp³-hybridized carbons (Fsp3) is 0.700. The number of hydrogen-bond donors (Lipinski definition) is 0. The smallest absolute Gasteiger partial charge is 0.0578 e. The second kappa shape index (κ2) is 12.9. The molecule has 0 aliphatic heterocycles. The van der Waals surface area contributed by atoms with Gasteiger partial charge in [0.1, 0.15) is 0 Å². The van der Waals surface area contributed by atoms with E-state index in [0.29, 0.717) is 6.10 Å². The van der Waals surface area contributed by atoms with Crippen LogP contribution < -0.4 is 0 Å². The molecule has 0 saturated heterocycles. The maximum atomic E-state index is 5.91. The molecule has 0 aliphatic carbocycles. The molecule has 0 saturated carbocycles. The predicted molar refractivity (Wildman–Crippen MR) is 92.8 cm³/mol. The summed E-state index contributed by atoms with van der Waals surface area (Å²) in [5.74, 6) is 0. The van der Waals surface area contributed by atoms with E-state index in [1.807, 2.05) is 0 Å². The summed E-state index contributed by atoms with van der Waals surface area (Å²) in [4.78, 5) is 0. The van der Waals surface area contributed by atoms with Gasteiger partial charge in [-0.1, -0.05) is 82.2 Å². The highest BCUT2D eigenvalue weighted by molar-refractivity contribution is 5.14. The van der Waals surface area contributed by atoms with Gasteiger partial charge >= 0.3 is 0 Å². The maximum absolute atomic E-state index is 5.91. The number of aryl methyl sites for hydroxylation is 1. The Morgan fingerprint density at radius 3 is 2.14 bits per heavy atom. The molecule has 0 aliphatic rings. The van der Waals surface area contributed by atoms with E-state index < -0.39 is 0 Å². The Morgan fingerprint density at radius 2 is 1.48 bits per heavy atom. The van der Waals surface area contributed by atoms with Crippen molar-refractivity contribution in [3.05, 3.63) is 35.9 Å². The van der Waals surface area contributed by atoms with E-state index in [1.54, 1.807) is 0 Å². The van der Waals surface area contributed by atoms with E-state index in [2.05, 4.69) is 44.2 Å². The molecule has 1 aromatic rings. The lowest BCUT2D eigenvalue weighted by molar-refractivity contribution is 0.0491. The van der Waals surface area contributed by atoms with Gasteiger partial charge in [-0.25, -0.2) is 0 Å². The molecule has 0 N–H and O–H groups in total. The molecular weight excluding hydrogens is 256 g/mol. The summed E-state index contributed by atoms with van der Waals surface area (Å²) in [5, 5.41) is 0. The minimum absolute atomic E-state index is 0.450. The first-order valence-corrected chi connectivity index (χ1v) is 9.02. The van der Waals surface area contributed by atoms with Crippen LogP contribution in [0.3, 0.4) is 0 Å². The number of ether oxygens (including phenoxy) is 1. The van der Waals surface area contributed by atoms with Crippen LogP contribution in [0.5, 0.6) is 0 Å². The molecular formula is C20H34O. The summed E-state index contributed by atoms with van der Waals surface area (Å²) < 4.78 is 5.91. The van der Waals surface area contributed by atoms with Crippen LogP contribution in [0, 0.1) is 0 Å². The molecule has 0 fully saturated rings. The maximum Gasteiger partial charge on any atom is 0.0578 e. The summed E-state index contributed by atoms with van der Waals surface area (Å²) in [5.41, 5.74) is 1.43. The fourth-order valence-corrected chi connectivity index (χ4v) is 2.85. The summed E-state index contributed by atoms with van der Waals surface area (Å²) in [7, 11) is 0. The number of hydrogen-bond acceptors (Lipinski definition) is 1. The van der Waals surface area contributed by atoms with E-state index in [-0.39, 0.29) is 0 Å². The lowest BCUT2D eigenvalue weighted by Gasteiger charge is -2.17. The number of rotatable bonds is 13. The van der Waals surface area contributed by atoms with Crippen LogP contribution >= 0.6 is 0 Å². The van der Waals surface area contributed by atoms with Crippen LogP contribution in [0.4, 0.5) is 0 Å². The average molecular weight is 290 g/mol. The summed E-state index contributed by atoms with van der Waals surface area (Å²) in [6, 6.07) is 10.8. The third kappa shape index (κ3) is 9.68. The summed E-state index contributed by atoms with van der Waals surface area (Å²) >= 11 is 0. The molecule has 1 aromatic carbocycles. The third-order valence-electron chi connectivity index (χ3n) is 4.13. The highest BCUT2D eigenvalue weighted by Gasteiger charge is 2.08. The van der Waals surface area contributed by atoms with E-state index in [4.69, 9.17) is 4.74 Å². The largest absolute Gasteiger partial charge is 0.378 e. The Hall–Kier alpha value is -0.820. The Labute approximate surface area is 132 Å². The van der Waals surface area contributed by atoms with Crippen LogP contribution in [0.25, 0.3) is 0 Å².